The molecule has 0 saturated carbocycles. The standard InChI is InChI=1S/C24H34N2O2/c1-3-5-7-9-19-27-23-15-11-21(12-16-23)25-26-22-13-17-24(18-14-22)28-20-10-8-6-4-2/h11-18H,3-10,19-20H2,1-2H3/b26-25+. The van der Waals surface area contributed by atoms with Gasteiger partial charge in [0.05, 0.1) is 24.6 Å². The molecule has 0 amide bonds. The Bertz CT molecular complexity index is 607. The van der Waals surface area contributed by atoms with Crippen LogP contribution in [0.2, 0.25) is 0 Å². The molecule has 0 atom stereocenters. The van der Waals surface area contributed by atoms with Gasteiger partial charge in [-0.3, -0.25) is 0 Å². The zero-order chi connectivity index (χ0) is 19.9. The third-order valence-corrected chi connectivity index (χ3v) is 4.49. The second-order valence-corrected chi connectivity index (χ2v) is 7.01. The van der Waals surface area contributed by atoms with Crippen LogP contribution in [0.1, 0.15) is 65.2 Å². The molecule has 2 aromatic carbocycles. The molecule has 0 aliphatic heterocycles. The van der Waals surface area contributed by atoms with Crippen molar-refractivity contribution in [3.05, 3.63) is 48.5 Å². The molecule has 2 aromatic rings. The van der Waals surface area contributed by atoms with Gasteiger partial charge >= 0.3 is 0 Å². The van der Waals surface area contributed by atoms with E-state index in [1.165, 1.54) is 38.5 Å². The van der Waals surface area contributed by atoms with Gasteiger partial charge in [-0.2, -0.15) is 10.2 Å². The van der Waals surface area contributed by atoms with Crippen molar-refractivity contribution in [3.63, 3.8) is 0 Å². The topological polar surface area (TPSA) is 43.2 Å². The maximum Gasteiger partial charge on any atom is 0.119 e. The molecule has 28 heavy (non-hydrogen) atoms. The number of ether oxygens (including phenoxy) is 2. The van der Waals surface area contributed by atoms with E-state index in [0.717, 1.165) is 48.9 Å². The number of unbranched alkanes of at least 4 members (excludes halogenated alkanes) is 6. The Hall–Kier alpha value is -2.36. The molecule has 0 N–H and O–H groups in total. The van der Waals surface area contributed by atoms with Crippen LogP contribution in [0.15, 0.2) is 58.8 Å². The van der Waals surface area contributed by atoms with Gasteiger partial charge in [-0.05, 0) is 61.4 Å². The van der Waals surface area contributed by atoms with Gasteiger partial charge in [0.2, 0.25) is 0 Å². The van der Waals surface area contributed by atoms with Crippen LogP contribution in [0.25, 0.3) is 0 Å². The monoisotopic (exact) mass is 382 g/mol. The minimum Gasteiger partial charge on any atom is -0.494 e. The van der Waals surface area contributed by atoms with Crippen molar-refractivity contribution >= 4 is 11.4 Å². The molecule has 0 aromatic heterocycles. The fraction of sp³-hybridized carbons (Fsp3) is 0.500. The number of hydrogen-bond donors (Lipinski definition) is 0. The molecule has 0 spiro atoms. The number of azo groups is 1. The third-order valence-electron chi connectivity index (χ3n) is 4.49. The Labute approximate surface area is 170 Å². The zero-order valence-electron chi connectivity index (χ0n) is 17.4. The van der Waals surface area contributed by atoms with E-state index in [4.69, 9.17) is 9.47 Å². The summed E-state index contributed by atoms with van der Waals surface area (Å²) in [5, 5.41) is 8.59. The second kappa shape index (κ2) is 13.8. The Kier molecular flexibility index (Phi) is 10.8. The fourth-order valence-corrected chi connectivity index (χ4v) is 2.77. The maximum atomic E-state index is 5.75. The molecular formula is C24H34N2O2. The summed E-state index contributed by atoms with van der Waals surface area (Å²) in [6, 6.07) is 15.5. The smallest absolute Gasteiger partial charge is 0.119 e. The average molecular weight is 383 g/mol. The van der Waals surface area contributed by atoms with Crippen molar-refractivity contribution < 1.29 is 9.47 Å². The summed E-state index contributed by atoms with van der Waals surface area (Å²) in [5.74, 6) is 1.77. The van der Waals surface area contributed by atoms with E-state index in [1.54, 1.807) is 0 Å². The molecule has 2 rings (SSSR count). The van der Waals surface area contributed by atoms with Gasteiger partial charge in [-0.25, -0.2) is 0 Å². The first-order valence-corrected chi connectivity index (χ1v) is 10.7. The summed E-state index contributed by atoms with van der Waals surface area (Å²) < 4.78 is 11.5. The van der Waals surface area contributed by atoms with E-state index >= 15 is 0 Å². The highest BCUT2D eigenvalue weighted by Gasteiger charge is 1.97. The van der Waals surface area contributed by atoms with Gasteiger partial charge in [0.25, 0.3) is 0 Å². The highest BCUT2D eigenvalue weighted by atomic mass is 16.5. The summed E-state index contributed by atoms with van der Waals surface area (Å²) >= 11 is 0. The fourth-order valence-electron chi connectivity index (χ4n) is 2.77. The van der Waals surface area contributed by atoms with E-state index in [2.05, 4.69) is 24.1 Å². The van der Waals surface area contributed by atoms with Crippen LogP contribution < -0.4 is 9.47 Å². The van der Waals surface area contributed by atoms with Crippen molar-refractivity contribution in [2.45, 2.75) is 65.2 Å². The Morgan fingerprint density at radius 2 is 0.929 bits per heavy atom. The van der Waals surface area contributed by atoms with E-state index in [1.807, 2.05) is 48.5 Å². The van der Waals surface area contributed by atoms with Gasteiger partial charge in [0.1, 0.15) is 11.5 Å². The summed E-state index contributed by atoms with van der Waals surface area (Å²) in [6.07, 6.45) is 9.70. The first kappa shape index (κ1) is 21.9. The van der Waals surface area contributed by atoms with Crippen LogP contribution in [0.4, 0.5) is 11.4 Å². The molecule has 0 unspecified atom stereocenters. The molecular weight excluding hydrogens is 348 g/mol. The summed E-state index contributed by atoms with van der Waals surface area (Å²) in [6.45, 7) is 5.97. The molecule has 4 nitrogen and oxygen atoms in total. The molecule has 0 fully saturated rings. The predicted octanol–water partition coefficient (Wildman–Crippen LogP) is 8.02. The van der Waals surface area contributed by atoms with E-state index in [9.17, 15) is 0 Å². The first-order valence-electron chi connectivity index (χ1n) is 10.7. The van der Waals surface area contributed by atoms with Crippen LogP contribution >= 0.6 is 0 Å². The second-order valence-electron chi connectivity index (χ2n) is 7.01. The van der Waals surface area contributed by atoms with E-state index in [-0.39, 0.29) is 0 Å². The average Bonchev–Trinajstić information content (AvgIpc) is 2.74. The minimum atomic E-state index is 0.772. The lowest BCUT2D eigenvalue weighted by Gasteiger charge is -2.06. The summed E-state index contributed by atoms with van der Waals surface area (Å²) in [7, 11) is 0. The molecule has 0 radical (unpaired) electrons. The quantitative estimate of drug-likeness (QED) is 0.245. The molecule has 4 heteroatoms. The largest absolute Gasteiger partial charge is 0.494 e. The summed E-state index contributed by atoms with van der Waals surface area (Å²) in [5.41, 5.74) is 1.63. The van der Waals surface area contributed by atoms with Crippen molar-refractivity contribution in [1.82, 2.24) is 0 Å². The van der Waals surface area contributed by atoms with Crippen LogP contribution in [0.5, 0.6) is 11.5 Å². The van der Waals surface area contributed by atoms with Crippen molar-refractivity contribution in [2.24, 2.45) is 10.2 Å². The van der Waals surface area contributed by atoms with Crippen molar-refractivity contribution in [2.75, 3.05) is 13.2 Å². The number of rotatable bonds is 14. The third kappa shape index (κ3) is 9.03. The molecule has 0 aliphatic carbocycles. The highest BCUT2D eigenvalue weighted by molar-refractivity contribution is 5.44. The van der Waals surface area contributed by atoms with E-state index in [0.29, 0.717) is 0 Å². The van der Waals surface area contributed by atoms with Crippen LogP contribution in [-0.4, -0.2) is 13.2 Å². The number of benzene rings is 2. The lowest BCUT2D eigenvalue weighted by molar-refractivity contribution is 0.305. The van der Waals surface area contributed by atoms with E-state index < -0.39 is 0 Å². The molecule has 0 bridgehead atoms. The van der Waals surface area contributed by atoms with Gasteiger partial charge in [-0.1, -0.05) is 52.4 Å². The number of nitrogens with zero attached hydrogens (tertiary/aromatic N) is 2. The molecule has 0 heterocycles. The van der Waals surface area contributed by atoms with Gasteiger partial charge in [-0.15, -0.1) is 0 Å². The summed E-state index contributed by atoms with van der Waals surface area (Å²) in [4.78, 5) is 0. The molecule has 152 valence electrons. The normalized spacial score (nSPS) is 11.1. The lowest BCUT2D eigenvalue weighted by Crippen LogP contribution is -1.96. The van der Waals surface area contributed by atoms with Crippen molar-refractivity contribution in [3.8, 4) is 11.5 Å². The van der Waals surface area contributed by atoms with Crippen LogP contribution in [0.3, 0.4) is 0 Å². The zero-order valence-corrected chi connectivity index (χ0v) is 17.4. The van der Waals surface area contributed by atoms with Crippen LogP contribution in [0, 0.1) is 0 Å². The van der Waals surface area contributed by atoms with Gasteiger partial charge in [0.15, 0.2) is 0 Å². The lowest BCUT2D eigenvalue weighted by atomic mass is 10.2. The molecule has 0 saturated heterocycles. The van der Waals surface area contributed by atoms with Crippen molar-refractivity contribution in [1.29, 1.82) is 0 Å². The Balaban J connectivity index is 1.73. The van der Waals surface area contributed by atoms with Gasteiger partial charge in [0, 0.05) is 0 Å². The Morgan fingerprint density at radius 3 is 1.29 bits per heavy atom. The molecule has 0 aliphatic rings. The first-order chi connectivity index (χ1) is 13.8. The van der Waals surface area contributed by atoms with Gasteiger partial charge < -0.3 is 9.47 Å². The predicted molar refractivity (Wildman–Crippen MR) is 116 cm³/mol. The SMILES string of the molecule is CCCCCCOc1ccc(/N=N/c2ccc(OCCCCCC)cc2)cc1. The Morgan fingerprint density at radius 1 is 0.536 bits per heavy atom. The number of hydrogen-bond acceptors (Lipinski definition) is 4. The minimum absolute atomic E-state index is 0.772. The highest BCUT2D eigenvalue weighted by Crippen LogP contribution is 2.23. The maximum absolute atomic E-state index is 5.75. The van der Waals surface area contributed by atoms with Crippen LogP contribution in [-0.2, 0) is 0 Å².